The third-order valence-electron chi connectivity index (χ3n) is 4.50. The highest BCUT2D eigenvalue weighted by molar-refractivity contribution is 5.72. The van der Waals surface area contributed by atoms with E-state index < -0.39 is 28.8 Å². The Kier molecular flexibility index (Phi) is 4.90. The summed E-state index contributed by atoms with van der Waals surface area (Å²) in [6, 6.07) is 7.77. The van der Waals surface area contributed by atoms with E-state index in [1.165, 1.54) is 11.0 Å². The molecular weight excluding hydrogens is 342 g/mol. The second-order valence-electron chi connectivity index (χ2n) is 6.63. The summed E-state index contributed by atoms with van der Waals surface area (Å²) < 4.78 is 57.6. The van der Waals surface area contributed by atoms with E-state index in [-0.39, 0.29) is 23.7 Å². The molecule has 0 N–H and O–H groups in total. The van der Waals surface area contributed by atoms with Gasteiger partial charge in [0.05, 0.1) is 11.4 Å². The molecule has 0 saturated carbocycles. The molecule has 0 fully saturated rings. The minimum Gasteiger partial charge on any atom is -0.305 e. The lowest BCUT2D eigenvalue weighted by atomic mass is 9.99. The molecule has 5 heteroatoms. The lowest BCUT2D eigenvalue weighted by Crippen LogP contribution is -2.21. The quantitative estimate of drug-likeness (QED) is 0.438. The third kappa shape index (κ3) is 3.26. The number of benzene rings is 2. The number of hydrogen-bond acceptors (Lipinski definition) is 1. The summed E-state index contributed by atoms with van der Waals surface area (Å²) >= 11 is 0. The maximum absolute atomic E-state index is 14.7. The molecule has 0 saturated heterocycles. The van der Waals surface area contributed by atoms with E-state index in [1.807, 2.05) is 13.8 Å². The molecule has 0 aliphatic heterocycles. The number of allylic oxidation sites excluding steroid dienone is 3. The van der Waals surface area contributed by atoms with Gasteiger partial charge in [-0.2, -0.15) is 0 Å². The summed E-state index contributed by atoms with van der Waals surface area (Å²) in [7, 11) is 0. The molecule has 0 aromatic heterocycles. The molecule has 2 aromatic carbocycles. The summed E-state index contributed by atoms with van der Waals surface area (Å²) in [6.07, 6.45) is 3.46. The zero-order chi connectivity index (χ0) is 19.0. The summed E-state index contributed by atoms with van der Waals surface area (Å²) in [4.78, 5) is 1.22. The summed E-state index contributed by atoms with van der Waals surface area (Å²) in [5.74, 6) is -3.83. The van der Waals surface area contributed by atoms with E-state index in [9.17, 15) is 17.6 Å². The highest BCUT2D eigenvalue weighted by Gasteiger charge is 2.26. The highest BCUT2D eigenvalue weighted by atomic mass is 19.2. The molecule has 2 aromatic rings. The molecule has 0 amide bonds. The van der Waals surface area contributed by atoms with Crippen molar-refractivity contribution < 1.29 is 17.6 Å². The lowest BCUT2D eigenvalue weighted by Gasteiger charge is -2.29. The zero-order valence-electron chi connectivity index (χ0n) is 14.8. The van der Waals surface area contributed by atoms with E-state index in [0.717, 1.165) is 18.6 Å². The van der Waals surface area contributed by atoms with Crippen LogP contribution in [0.25, 0.3) is 0 Å². The minimum absolute atomic E-state index is 0.00467. The monoisotopic (exact) mass is 361 g/mol. The second-order valence-corrected chi connectivity index (χ2v) is 6.63. The Labute approximate surface area is 150 Å². The van der Waals surface area contributed by atoms with Crippen LogP contribution in [-0.2, 0) is 0 Å². The Balaban J connectivity index is 2.25. The highest BCUT2D eigenvalue weighted by Crippen LogP contribution is 2.39. The van der Waals surface area contributed by atoms with Gasteiger partial charge in [0.15, 0.2) is 11.6 Å². The molecule has 136 valence electrons. The van der Waals surface area contributed by atoms with Crippen LogP contribution < -0.4 is 4.90 Å². The maximum Gasteiger partial charge on any atom is 0.183 e. The molecular formula is C21H19F4N. The molecule has 0 radical (unpaired) electrons. The molecule has 3 rings (SSSR count). The number of halogens is 4. The first-order chi connectivity index (χ1) is 12.3. The van der Waals surface area contributed by atoms with Gasteiger partial charge in [-0.1, -0.05) is 30.7 Å². The first-order valence-electron chi connectivity index (χ1n) is 8.37. The van der Waals surface area contributed by atoms with Gasteiger partial charge in [-0.05, 0) is 38.0 Å². The van der Waals surface area contributed by atoms with Crippen LogP contribution >= 0.6 is 0 Å². The maximum atomic E-state index is 14.7. The molecule has 26 heavy (non-hydrogen) atoms. The van der Waals surface area contributed by atoms with Crippen molar-refractivity contribution in [1.29, 1.82) is 0 Å². The van der Waals surface area contributed by atoms with Crippen molar-refractivity contribution in [2.24, 2.45) is 5.92 Å². The SMILES string of the molecule is Cc1ccc(N(C2=C(F)CC(C)C=C2)c2cc(F)c(C)c(F)c2F)cc1. The van der Waals surface area contributed by atoms with Crippen molar-refractivity contribution in [1.82, 2.24) is 0 Å². The smallest absolute Gasteiger partial charge is 0.183 e. The second kappa shape index (κ2) is 6.98. The van der Waals surface area contributed by atoms with Crippen molar-refractivity contribution >= 4 is 11.4 Å². The third-order valence-corrected chi connectivity index (χ3v) is 4.50. The van der Waals surface area contributed by atoms with Crippen molar-refractivity contribution in [3.8, 4) is 0 Å². The molecule has 0 bridgehead atoms. The van der Waals surface area contributed by atoms with Gasteiger partial charge in [0.25, 0.3) is 0 Å². The van der Waals surface area contributed by atoms with Crippen LogP contribution in [0.1, 0.15) is 24.5 Å². The van der Waals surface area contributed by atoms with E-state index in [1.54, 1.807) is 30.3 Å². The van der Waals surface area contributed by atoms with Crippen LogP contribution in [-0.4, -0.2) is 0 Å². The number of aryl methyl sites for hydroxylation is 1. The van der Waals surface area contributed by atoms with Crippen molar-refractivity contribution in [3.05, 3.63) is 82.6 Å². The normalized spacial score (nSPS) is 17.0. The number of rotatable bonds is 3. The fraction of sp³-hybridized carbons (Fsp3) is 0.238. The summed E-state index contributed by atoms with van der Waals surface area (Å²) in [5.41, 5.74) is 0.684. The van der Waals surface area contributed by atoms with Gasteiger partial charge < -0.3 is 4.90 Å². The van der Waals surface area contributed by atoms with Gasteiger partial charge in [0, 0.05) is 23.7 Å². The fourth-order valence-corrected chi connectivity index (χ4v) is 2.94. The van der Waals surface area contributed by atoms with Crippen molar-refractivity contribution in [2.75, 3.05) is 4.90 Å². The Morgan fingerprint density at radius 3 is 2.23 bits per heavy atom. The van der Waals surface area contributed by atoms with Gasteiger partial charge in [-0.25, -0.2) is 17.6 Å². The largest absolute Gasteiger partial charge is 0.305 e. The van der Waals surface area contributed by atoms with Gasteiger partial charge >= 0.3 is 0 Å². The van der Waals surface area contributed by atoms with Gasteiger partial charge in [-0.3, -0.25) is 0 Å². The predicted octanol–water partition coefficient (Wildman–Crippen LogP) is 6.64. The number of anilines is 2. The van der Waals surface area contributed by atoms with Crippen molar-refractivity contribution in [2.45, 2.75) is 27.2 Å². The predicted molar refractivity (Wildman–Crippen MR) is 95.4 cm³/mol. The molecule has 1 atom stereocenters. The van der Waals surface area contributed by atoms with E-state index in [2.05, 4.69) is 0 Å². The Bertz CT molecular complexity index is 897. The van der Waals surface area contributed by atoms with Crippen LogP contribution in [0.15, 0.2) is 54.0 Å². The average Bonchev–Trinajstić information content (AvgIpc) is 2.61. The van der Waals surface area contributed by atoms with Crippen LogP contribution in [0.5, 0.6) is 0 Å². The summed E-state index contributed by atoms with van der Waals surface area (Å²) in [5, 5.41) is 0. The van der Waals surface area contributed by atoms with Gasteiger partial charge in [-0.15, -0.1) is 0 Å². The number of nitrogens with zero attached hydrogens (tertiary/aromatic N) is 1. The Morgan fingerprint density at radius 1 is 0.962 bits per heavy atom. The van der Waals surface area contributed by atoms with E-state index >= 15 is 0 Å². The van der Waals surface area contributed by atoms with Crippen LogP contribution in [0.3, 0.4) is 0 Å². The standard InChI is InChI=1S/C21H19F4N/c1-12-4-7-15(8-5-12)26(18-9-6-13(2)10-17(18)23)19-11-16(22)14(3)20(24)21(19)25/h4-9,11,13H,10H2,1-3H3. The van der Waals surface area contributed by atoms with Crippen LogP contribution in [0.2, 0.25) is 0 Å². The first kappa shape index (κ1) is 18.2. The molecule has 1 nitrogen and oxygen atoms in total. The van der Waals surface area contributed by atoms with E-state index in [0.29, 0.717) is 5.69 Å². The van der Waals surface area contributed by atoms with Crippen LogP contribution in [0.4, 0.5) is 28.9 Å². The topological polar surface area (TPSA) is 3.24 Å². The number of hydrogen-bond donors (Lipinski definition) is 0. The zero-order valence-corrected chi connectivity index (χ0v) is 14.8. The van der Waals surface area contributed by atoms with Gasteiger partial charge in [0.1, 0.15) is 11.6 Å². The first-order valence-corrected chi connectivity index (χ1v) is 8.37. The minimum atomic E-state index is -1.27. The molecule has 0 heterocycles. The summed E-state index contributed by atoms with van der Waals surface area (Å²) in [6.45, 7) is 4.90. The van der Waals surface area contributed by atoms with E-state index in [4.69, 9.17) is 0 Å². The molecule has 1 aliphatic rings. The lowest BCUT2D eigenvalue weighted by molar-refractivity contribution is 0.486. The molecule has 0 spiro atoms. The Morgan fingerprint density at radius 2 is 1.62 bits per heavy atom. The molecule has 1 aliphatic carbocycles. The average molecular weight is 361 g/mol. The molecule has 1 unspecified atom stereocenters. The van der Waals surface area contributed by atoms with Crippen LogP contribution in [0, 0.1) is 37.2 Å². The Hall–Kier alpha value is -2.56. The fourth-order valence-electron chi connectivity index (χ4n) is 2.94. The van der Waals surface area contributed by atoms with Gasteiger partial charge in [0.2, 0.25) is 0 Å². The van der Waals surface area contributed by atoms with Crippen molar-refractivity contribution in [3.63, 3.8) is 0 Å².